The van der Waals surface area contributed by atoms with E-state index in [0.717, 1.165) is 5.56 Å². The zero-order valence-corrected chi connectivity index (χ0v) is 16.6. The van der Waals surface area contributed by atoms with Gasteiger partial charge in [-0.05, 0) is 24.1 Å². The highest BCUT2D eigenvalue weighted by atomic mass is 16.4. The Labute approximate surface area is 180 Å². The molecule has 1 unspecified atom stereocenters. The van der Waals surface area contributed by atoms with Crippen LogP contribution in [-0.4, -0.2) is 54.0 Å². The van der Waals surface area contributed by atoms with Crippen molar-refractivity contribution in [3.05, 3.63) is 41.6 Å². The third-order valence-corrected chi connectivity index (χ3v) is 4.39. The molecule has 0 aliphatic carbocycles. The number of fused-ring (bicyclic) bond motifs is 1. The number of anilines is 3. The van der Waals surface area contributed by atoms with Gasteiger partial charge in [0.25, 0.3) is 5.91 Å². The molecular weight excluding hydrogens is 420 g/mol. The van der Waals surface area contributed by atoms with Crippen molar-refractivity contribution < 1.29 is 24.6 Å². The number of carboxylic acid groups (broad SMARTS) is 2. The molecule has 1 atom stereocenters. The van der Waals surface area contributed by atoms with E-state index in [0.29, 0.717) is 17.9 Å². The Morgan fingerprint density at radius 3 is 2.41 bits per heavy atom. The summed E-state index contributed by atoms with van der Waals surface area (Å²) in [4.78, 5) is 50.4. The number of nitrogens with one attached hydrogen (secondary N) is 2. The second-order valence-corrected chi connectivity index (χ2v) is 6.74. The van der Waals surface area contributed by atoms with Crippen molar-refractivity contribution in [3.63, 3.8) is 0 Å². The van der Waals surface area contributed by atoms with Crippen LogP contribution in [0.5, 0.6) is 0 Å². The van der Waals surface area contributed by atoms with Crippen molar-refractivity contribution in [1.82, 2.24) is 25.3 Å². The van der Waals surface area contributed by atoms with Crippen LogP contribution >= 0.6 is 0 Å². The molecule has 0 saturated heterocycles. The topological polar surface area (TPSA) is 219 Å². The Morgan fingerprint density at radius 2 is 1.75 bits per heavy atom. The molecule has 0 aliphatic rings. The van der Waals surface area contributed by atoms with Gasteiger partial charge in [-0.25, -0.2) is 14.8 Å². The lowest BCUT2D eigenvalue weighted by Crippen LogP contribution is -2.41. The fourth-order valence-electron chi connectivity index (χ4n) is 2.76. The zero-order valence-electron chi connectivity index (χ0n) is 16.6. The molecular formula is C19H20N8O5. The molecule has 0 saturated carbocycles. The number of benzene rings is 1. The predicted octanol–water partition coefficient (Wildman–Crippen LogP) is 0.244. The number of amides is 1. The van der Waals surface area contributed by atoms with Gasteiger partial charge in [0.2, 0.25) is 5.95 Å². The Balaban J connectivity index is 1.62. The Morgan fingerprint density at radius 1 is 1.03 bits per heavy atom. The number of nitrogens with zero attached hydrogens (tertiary/aromatic N) is 4. The fraction of sp³-hybridized carbons (Fsp3) is 0.211. The van der Waals surface area contributed by atoms with Crippen LogP contribution in [0.2, 0.25) is 0 Å². The summed E-state index contributed by atoms with van der Waals surface area (Å²) < 4.78 is 0. The number of hydrogen-bond donors (Lipinski definition) is 6. The minimum atomic E-state index is -1.30. The number of carbonyl (C=O) groups is 3. The third kappa shape index (κ3) is 5.53. The average molecular weight is 440 g/mol. The van der Waals surface area contributed by atoms with Crippen molar-refractivity contribution in [1.29, 1.82) is 0 Å². The second-order valence-electron chi connectivity index (χ2n) is 6.74. The summed E-state index contributed by atoms with van der Waals surface area (Å²) in [6.07, 6.45) is 0.886. The molecule has 2 heterocycles. The summed E-state index contributed by atoms with van der Waals surface area (Å²) in [5.41, 5.74) is 13.0. The first-order chi connectivity index (χ1) is 15.2. The molecule has 13 nitrogen and oxygen atoms in total. The molecule has 2 aromatic heterocycles. The van der Waals surface area contributed by atoms with Crippen molar-refractivity contribution in [2.24, 2.45) is 0 Å². The highest BCUT2D eigenvalue weighted by Gasteiger charge is 2.21. The minimum Gasteiger partial charge on any atom is -0.481 e. The van der Waals surface area contributed by atoms with Gasteiger partial charge in [-0.1, -0.05) is 12.1 Å². The maximum absolute atomic E-state index is 12.3. The van der Waals surface area contributed by atoms with Crippen LogP contribution < -0.4 is 22.1 Å². The molecule has 0 aliphatic heterocycles. The van der Waals surface area contributed by atoms with Crippen molar-refractivity contribution in [2.45, 2.75) is 25.4 Å². The molecule has 0 fully saturated rings. The lowest BCUT2D eigenvalue weighted by Gasteiger charge is -2.14. The van der Waals surface area contributed by atoms with Gasteiger partial charge in [0.15, 0.2) is 17.0 Å². The van der Waals surface area contributed by atoms with Crippen molar-refractivity contribution in [3.8, 4) is 0 Å². The number of carboxylic acids is 2. The van der Waals surface area contributed by atoms with Gasteiger partial charge in [-0.3, -0.25) is 9.59 Å². The molecule has 8 N–H and O–H groups in total. The summed E-state index contributed by atoms with van der Waals surface area (Å²) in [5, 5.41) is 23.2. The number of carbonyl (C=O) groups excluding carboxylic acids is 1. The number of rotatable bonds is 9. The van der Waals surface area contributed by atoms with E-state index in [9.17, 15) is 14.4 Å². The predicted molar refractivity (Wildman–Crippen MR) is 113 cm³/mol. The van der Waals surface area contributed by atoms with Crippen LogP contribution in [0.1, 0.15) is 28.8 Å². The van der Waals surface area contributed by atoms with Crippen molar-refractivity contribution >= 4 is 46.6 Å². The lowest BCUT2D eigenvalue weighted by molar-refractivity contribution is -0.140. The molecule has 3 rings (SSSR count). The van der Waals surface area contributed by atoms with E-state index in [4.69, 9.17) is 21.7 Å². The van der Waals surface area contributed by atoms with E-state index in [1.807, 2.05) is 0 Å². The van der Waals surface area contributed by atoms with E-state index in [1.54, 1.807) is 12.1 Å². The number of aliphatic carboxylic acids is 2. The summed E-state index contributed by atoms with van der Waals surface area (Å²) in [6.45, 7) is 0.355. The minimum absolute atomic E-state index is 0.00527. The average Bonchev–Trinajstić information content (AvgIpc) is 2.75. The number of aromatic nitrogens is 4. The molecule has 1 aromatic carbocycles. The zero-order chi connectivity index (χ0) is 23.3. The van der Waals surface area contributed by atoms with Crippen LogP contribution in [0.3, 0.4) is 0 Å². The van der Waals surface area contributed by atoms with Crippen LogP contribution in [0.25, 0.3) is 11.2 Å². The molecule has 1 amide bonds. The Bertz CT molecular complexity index is 1170. The maximum atomic E-state index is 12.3. The van der Waals surface area contributed by atoms with Gasteiger partial charge >= 0.3 is 11.9 Å². The first-order valence-electron chi connectivity index (χ1n) is 9.37. The highest BCUT2D eigenvalue weighted by molar-refractivity contribution is 5.96. The van der Waals surface area contributed by atoms with Gasteiger partial charge in [-0.15, -0.1) is 0 Å². The standard InChI is InChI=1S/C19H20N8O5/c20-15-14-16(27-19(21)26-15)23-8-12(25-14)22-7-9-1-3-10(4-2-9)17(30)24-11(18(31)32)5-6-13(28)29/h1-4,8,11H,5-7H2,(H,22,25)(H,24,30)(H,28,29)(H,31,32)(H4,20,21,23,26,27). The normalized spacial score (nSPS) is 11.6. The summed E-state index contributed by atoms with van der Waals surface area (Å²) >= 11 is 0. The number of nitrogen functional groups attached to an aromatic ring is 2. The van der Waals surface area contributed by atoms with Crippen LogP contribution in [-0.2, 0) is 16.1 Å². The maximum Gasteiger partial charge on any atom is 0.326 e. The summed E-state index contributed by atoms with van der Waals surface area (Å²) in [7, 11) is 0. The third-order valence-electron chi connectivity index (χ3n) is 4.39. The first-order valence-corrected chi connectivity index (χ1v) is 9.37. The summed E-state index contributed by atoms with van der Waals surface area (Å²) in [6, 6.07) is 5.13. The van der Waals surface area contributed by atoms with Crippen LogP contribution in [0.15, 0.2) is 30.5 Å². The molecule has 32 heavy (non-hydrogen) atoms. The van der Waals surface area contributed by atoms with E-state index < -0.39 is 23.9 Å². The molecule has 0 bridgehead atoms. The first kappa shape index (κ1) is 22.1. The fourth-order valence-corrected chi connectivity index (χ4v) is 2.76. The Hall–Kier alpha value is -4.55. The highest BCUT2D eigenvalue weighted by Crippen LogP contribution is 2.17. The monoisotopic (exact) mass is 440 g/mol. The van der Waals surface area contributed by atoms with Gasteiger partial charge in [0.1, 0.15) is 11.9 Å². The van der Waals surface area contributed by atoms with Crippen LogP contribution in [0, 0.1) is 0 Å². The molecule has 0 spiro atoms. The number of hydrogen-bond acceptors (Lipinski definition) is 10. The van der Waals surface area contributed by atoms with Gasteiger partial charge in [0.05, 0.1) is 6.20 Å². The van der Waals surface area contributed by atoms with Crippen molar-refractivity contribution in [2.75, 3.05) is 16.8 Å². The van der Waals surface area contributed by atoms with Crippen LogP contribution in [0.4, 0.5) is 17.6 Å². The number of nitrogens with two attached hydrogens (primary N) is 2. The SMILES string of the molecule is Nc1nc(N)c2nc(NCc3ccc(C(=O)NC(CCC(=O)O)C(=O)O)cc3)cnc2n1. The Kier molecular flexibility index (Phi) is 6.58. The lowest BCUT2D eigenvalue weighted by atomic mass is 10.1. The van der Waals surface area contributed by atoms with E-state index in [-0.39, 0.29) is 35.8 Å². The summed E-state index contributed by atoms with van der Waals surface area (Å²) in [5.74, 6) is -2.50. The van der Waals surface area contributed by atoms with E-state index >= 15 is 0 Å². The van der Waals surface area contributed by atoms with E-state index in [1.165, 1.54) is 18.3 Å². The molecule has 3 aromatic rings. The molecule has 13 heteroatoms. The van der Waals surface area contributed by atoms with E-state index in [2.05, 4.69) is 30.6 Å². The smallest absolute Gasteiger partial charge is 0.326 e. The molecule has 0 radical (unpaired) electrons. The van der Waals surface area contributed by atoms with Gasteiger partial charge in [-0.2, -0.15) is 9.97 Å². The largest absolute Gasteiger partial charge is 0.481 e. The van der Waals surface area contributed by atoms with Gasteiger partial charge < -0.3 is 32.3 Å². The molecule has 166 valence electrons. The van der Waals surface area contributed by atoms with Gasteiger partial charge in [0, 0.05) is 18.5 Å². The second kappa shape index (κ2) is 9.51. The quantitative estimate of drug-likeness (QED) is 0.263.